The van der Waals surface area contributed by atoms with Crippen LogP contribution in [0.2, 0.25) is 0 Å². The van der Waals surface area contributed by atoms with Gasteiger partial charge in [-0.3, -0.25) is 0 Å². The minimum atomic E-state index is 0.272. The lowest BCUT2D eigenvalue weighted by Gasteiger charge is -2.37. The summed E-state index contributed by atoms with van der Waals surface area (Å²) in [5.41, 5.74) is 1.35. The van der Waals surface area contributed by atoms with E-state index in [1.165, 1.54) is 25.7 Å². The number of hydrogen-bond acceptors (Lipinski definition) is 3. The van der Waals surface area contributed by atoms with E-state index in [-0.39, 0.29) is 5.54 Å². The van der Waals surface area contributed by atoms with Crippen molar-refractivity contribution in [3.05, 3.63) is 42.7 Å². The van der Waals surface area contributed by atoms with Crippen LogP contribution in [0.3, 0.4) is 0 Å². The van der Waals surface area contributed by atoms with E-state index in [1.807, 2.05) is 24.4 Å². The molecule has 3 rings (SSSR count). The molecule has 0 bridgehead atoms. The summed E-state index contributed by atoms with van der Waals surface area (Å²) in [5.74, 6) is 0.925. The molecule has 0 aliphatic heterocycles. The summed E-state index contributed by atoms with van der Waals surface area (Å²) in [7, 11) is 4.40. The van der Waals surface area contributed by atoms with Crippen LogP contribution in [0.4, 0.5) is 11.6 Å². The Kier molecular flexibility index (Phi) is 3.97. The van der Waals surface area contributed by atoms with Gasteiger partial charge in [0.05, 0.1) is 0 Å². The maximum Gasteiger partial charge on any atom is 0.207 e. The Balaban J connectivity index is 1.79. The number of benzene rings is 1. The van der Waals surface area contributed by atoms with Gasteiger partial charge in [-0.2, -0.15) is 0 Å². The molecule has 1 fully saturated rings. The van der Waals surface area contributed by atoms with E-state index in [1.54, 1.807) is 0 Å². The molecule has 1 aliphatic rings. The molecule has 4 nitrogen and oxygen atoms in total. The third-order valence-electron chi connectivity index (χ3n) is 4.69. The third kappa shape index (κ3) is 2.95. The zero-order valence-corrected chi connectivity index (χ0v) is 12.9. The highest BCUT2D eigenvalue weighted by atomic mass is 15.2. The normalized spacial score (nSPS) is 17.3. The molecule has 0 amide bonds. The van der Waals surface area contributed by atoms with E-state index in [0.29, 0.717) is 0 Å². The summed E-state index contributed by atoms with van der Waals surface area (Å²) >= 11 is 0. The number of hydrogen-bond donors (Lipinski definition) is 1. The first-order valence-corrected chi connectivity index (χ1v) is 7.70. The first kappa shape index (κ1) is 14.1. The van der Waals surface area contributed by atoms with Gasteiger partial charge in [0, 0.05) is 30.2 Å². The first-order chi connectivity index (χ1) is 10.2. The Bertz CT molecular complexity index is 567. The van der Waals surface area contributed by atoms with Gasteiger partial charge in [0.15, 0.2) is 0 Å². The van der Waals surface area contributed by atoms with Gasteiger partial charge < -0.3 is 14.8 Å². The number of nitrogens with zero attached hydrogens (tertiary/aromatic N) is 3. The van der Waals surface area contributed by atoms with Gasteiger partial charge in [0.2, 0.25) is 5.95 Å². The highest BCUT2D eigenvalue weighted by Gasteiger charge is 2.36. The van der Waals surface area contributed by atoms with E-state index in [9.17, 15) is 0 Å². The molecule has 1 aromatic carbocycles. The lowest BCUT2D eigenvalue weighted by Crippen LogP contribution is -2.45. The summed E-state index contributed by atoms with van der Waals surface area (Å²) in [5, 5.41) is 3.42. The molecule has 1 aromatic heterocycles. The van der Waals surface area contributed by atoms with Crippen molar-refractivity contribution in [2.75, 3.05) is 19.4 Å². The molecule has 0 radical (unpaired) electrons. The fourth-order valence-corrected chi connectivity index (χ4v) is 3.31. The number of likely N-dealkylation sites (N-methyl/N-ethyl adjacent to an activating group) is 1. The predicted octanol–water partition coefficient (Wildman–Crippen LogP) is 3.50. The monoisotopic (exact) mass is 284 g/mol. The maximum atomic E-state index is 4.48. The Morgan fingerprint density at radius 1 is 1.19 bits per heavy atom. The molecule has 21 heavy (non-hydrogen) atoms. The molecule has 1 N–H and O–H groups in total. The second-order valence-corrected chi connectivity index (χ2v) is 6.20. The highest BCUT2D eigenvalue weighted by molar-refractivity contribution is 5.53. The fraction of sp³-hybridized carbons (Fsp3) is 0.471. The second-order valence-electron chi connectivity index (χ2n) is 6.20. The average molecular weight is 284 g/mol. The lowest BCUT2D eigenvalue weighted by molar-refractivity contribution is 0.134. The van der Waals surface area contributed by atoms with Gasteiger partial charge in [-0.15, -0.1) is 0 Å². The molecule has 0 unspecified atom stereocenters. The van der Waals surface area contributed by atoms with Gasteiger partial charge in [-0.1, -0.05) is 31.0 Å². The van der Waals surface area contributed by atoms with Crippen LogP contribution in [0.15, 0.2) is 42.7 Å². The lowest BCUT2D eigenvalue weighted by atomic mass is 9.96. The molecular weight excluding hydrogens is 260 g/mol. The molecular formula is C17H24N4. The summed E-state index contributed by atoms with van der Waals surface area (Å²) in [4.78, 5) is 6.87. The number of aromatic nitrogens is 2. The molecule has 2 aromatic rings. The van der Waals surface area contributed by atoms with Gasteiger partial charge in [0.25, 0.3) is 0 Å². The average Bonchev–Trinajstić information content (AvgIpc) is 3.12. The highest BCUT2D eigenvalue weighted by Crippen LogP contribution is 2.36. The summed E-state index contributed by atoms with van der Waals surface area (Å²) < 4.78 is 2.25. The van der Waals surface area contributed by atoms with Crippen molar-refractivity contribution in [1.29, 1.82) is 0 Å². The number of rotatable bonds is 5. The van der Waals surface area contributed by atoms with Crippen molar-refractivity contribution >= 4 is 11.6 Å². The predicted molar refractivity (Wildman–Crippen MR) is 86.8 cm³/mol. The van der Waals surface area contributed by atoms with E-state index in [0.717, 1.165) is 18.2 Å². The van der Waals surface area contributed by atoms with Crippen LogP contribution >= 0.6 is 0 Å². The van der Waals surface area contributed by atoms with E-state index in [4.69, 9.17) is 0 Å². The Labute approximate surface area is 126 Å². The van der Waals surface area contributed by atoms with Crippen molar-refractivity contribution in [1.82, 2.24) is 14.5 Å². The van der Waals surface area contributed by atoms with E-state index < -0.39 is 0 Å². The Morgan fingerprint density at radius 2 is 1.90 bits per heavy atom. The largest absolute Gasteiger partial charge is 0.326 e. The maximum absolute atomic E-state index is 4.48. The van der Waals surface area contributed by atoms with Gasteiger partial charge in [-0.05, 0) is 39.1 Å². The molecule has 1 aliphatic carbocycles. The van der Waals surface area contributed by atoms with Crippen LogP contribution in [-0.2, 0) is 6.54 Å². The number of nitrogens with one attached hydrogen (secondary N) is 1. The second kappa shape index (κ2) is 5.90. The van der Waals surface area contributed by atoms with Crippen LogP contribution in [-0.4, -0.2) is 34.1 Å². The third-order valence-corrected chi connectivity index (χ3v) is 4.69. The zero-order chi connectivity index (χ0) is 14.7. The van der Waals surface area contributed by atoms with Crippen LogP contribution in [0, 0.1) is 0 Å². The SMILES string of the molecule is CN(C)C1(Cn2ccnc2Nc2ccccc2)CCCC1. The van der Waals surface area contributed by atoms with Crippen molar-refractivity contribution in [2.24, 2.45) is 0 Å². The van der Waals surface area contributed by atoms with Crippen LogP contribution in [0.1, 0.15) is 25.7 Å². The van der Waals surface area contributed by atoms with Gasteiger partial charge >= 0.3 is 0 Å². The number of para-hydroxylation sites is 1. The van der Waals surface area contributed by atoms with Gasteiger partial charge in [-0.25, -0.2) is 4.98 Å². The molecule has 4 heteroatoms. The van der Waals surface area contributed by atoms with Crippen molar-refractivity contribution in [3.63, 3.8) is 0 Å². The standard InChI is InChI=1S/C17H24N4/c1-20(2)17(10-6-7-11-17)14-21-13-12-18-16(21)19-15-8-4-3-5-9-15/h3-5,8-9,12-13H,6-7,10-11,14H2,1-2H3,(H,18,19). The zero-order valence-electron chi connectivity index (χ0n) is 12.9. The van der Waals surface area contributed by atoms with E-state index in [2.05, 4.69) is 52.2 Å². The first-order valence-electron chi connectivity index (χ1n) is 7.70. The molecule has 0 saturated heterocycles. The molecule has 1 saturated carbocycles. The Morgan fingerprint density at radius 3 is 2.57 bits per heavy atom. The summed E-state index contributed by atoms with van der Waals surface area (Å²) in [6, 6.07) is 10.2. The Hall–Kier alpha value is -1.81. The van der Waals surface area contributed by atoms with Crippen molar-refractivity contribution in [3.8, 4) is 0 Å². The topological polar surface area (TPSA) is 33.1 Å². The van der Waals surface area contributed by atoms with Crippen LogP contribution in [0.25, 0.3) is 0 Å². The summed E-state index contributed by atoms with van der Waals surface area (Å²) in [6.07, 6.45) is 9.15. The molecule has 0 atom stereocenters. The molecule has 1 heterocycles. The molecule has 0 spiro atoms. The minimum Gasteiger partial charge on any atom is -0.326 e. The minimum absolute atomic E-state index is 0.272. The van der Waals surface area contributed by atoms with E-state index >= 15 is 0 Å². The van der Waals surface area contributed by atoms with Gasteiger partial charge in [0.1, 0.15) is 0 Å². The number of anilines is 2. The smallest absolute Gasteiger partial charge is 0.207 e. The van der Waals surface area contributed by atoms with Crippen molar-refractivity contribution < 1.29 is 0 Å². The quantitative estimate of drug-likeness (QED) is 0.912. The fourth-order valence-electron chi connectivity index (χ4n) is 3.31. The summed E-state index contributed by atoms with van der Waals surface area (Å²) in [6.45, 7) is 0.995. The van der Waals surface area contributed by atoms with Crippen molar-refractivity contribution in [2.45, 2.75) is 37.8 Å². The molecule has 112 valence electrons. The van der Waals surface area contributed by atoms with Crippen LogP contribution in [0.5, 0.6) is 0 Å². The number of imidazole rings is 1. The van der Waals surface area contributed by atoms with Crippen LogP contribution < -0.4 is 5.32 Å².